The smallest absolute Gasteiger partial charge is 0.378 e. The number of aromatic nitrogens is 8. The van der Waals surface area contributed by atoms with Crippen LogP contribution < -0.4 is 14.9 Å². The second kappa shape index (κ2) is 24.8. The third-order valence-corrected chi connectivity index (χ3v) is 26.6. The molecule has 21 nitrogen and oxygen atoms in total. The Balaban J connectivity index is 0.00000922. The number of rotatable bonds is 19. The summed E-state index contributed by atoms with van der Waals surface area (Å²) in [5, 5.41) is 0.549. The summed E-state index contributed by atoms with van der Waals surface area (Å²) in [4.78, 5) is 38.0. The van der Waals surface area contributed by atoms with Gasteiger partial charge in [-0.1, -0.05) is 59.4 Å². The molecule has 0 spiro atoms. The van der Waals surface area contributed by atoms with E-state index >= 15 is 0 Å². The molecule has 5 heterocycles. The Morgan fingerprint density at radius 2 is 0.602 bits per heavy atom. The van der Waals surface area contributed by atoms with Gasteiger partial charge in [0.05, 0.1) is 87.2 Å². The molecule has 28 heteroatoms. The Bertz CT molecular complexity index is 5160. The van der Waals surface area contributed by atoms with Gasteiger partial charge in [0, 0.05) is 75.8 Å². The molecule has 0 unspecified atom stereocenters. The molecule has 0 saturated carbocycles. The maximum absolute atomic E-state index is 14.3. The van der Waals surface area contributed by atoms with Crippen LogP contribution in [0, 0.1) is 11.8 Å². The van der Waals surface area contributed by atoms with Crippen LogP contribution in [-0.4, -0.2) is 129 Å². The molecule has 0 radical (unpaired) electrons. The molecule has 0 aliphatic carbocycles. The van der Waals surface area contributed by atoms with Gasteiger partial charge >= 0.3 is 16.5 Å². The first kappa shape index (κ1) is 65.5. The molecule has 2 aliphatic heterocycles. The van der Waals surface area contributed by atoms with Crippen molar-refractivity contribution in [2.45, 2.75) is 109 Å². The van der Waals surface area contributed by atoms with Crippen molar-refractivity contribution in [3.05, 3.63) is 90.0 Å². The molecule has 3 aromatic heterocycles. The average Bonchev–Trinajstić information content (AvgIpc) is 1.57. The quantitative estimate of drug-likeness (QED) is 0.0539. The Hall–Kier alpha value is -6.99. The summed E-state index contributed by atoms with van der Waals surface area (Å²) in [6.07, 6.45) is 0.745. The van der Waals surface area contributed by atoms with E-state index in [9.17, 15) is 50.5 Å². The van der Waals surface area contributed by atoms with E-state index in [-0.39, 0.29) is 134 Å². The topological polar surface area (TPSA) is 314 Å². The number of hydrogen-bond acceptors (Lipinski definition) is 19. The maximum Gasteiger partial charge on any atom is 2.00 e. The summed E-state index contributed by atoms with van der Waals surface area (Å²) in [5.74, 6) is 2.85. The molecule has 0 saturated heterocycles. The molecular weight excluding hydrogens is 1290 g/mol. The largest absolute Gasteiger partial charge is 2.00 e. The van der Waals surface area contributed by atoms with Gasteiger partial charge in [-0.3, -0.25) is 0 Å². The van der Waals surface area contributed by atoms with Gasteiger partial charge in [0.15, 0.2) is 59.0 Å². The van der Waals surface area contributed by atoms with Crippen molar-refractivity contribution in [1.29, 1.82) is 0 Å². The van der Waals surface area contributed by atoms with Crippen LogP contribution in [0.3, 0.4) is 0 Å². The van der Waals surface area contributed by atoms with Crippen molar-refractivity contribution in [1.82, 2.24) is 39.9 Å². The zero-order valence-corrected chi connectivity index (χ0v) is 55.1. The summed E-state index contributed by atoms with van der Waals surface area (Å²) in [5.41, 5.74) is 1.46. The monoisotopic (exact) mass is 1350 g/mol. The summed E-state index contributed by atoms with van der Waals surface area (Å²) < 4.78 is 171. The molecule has 464 valence electrons. The number of benzene rings is 5. The summed E-state index contributed by atoms with van der Waals surface area (Å²) in [7, 11) is -22.2. The van der Waals surface area contributed by atoms with Crippen LogP contribution in [0.25, 0.3) is 89.7 Å². The predicted octanol–water partition coefficient (Wildman–Crippen LogP) is 8.69. The molecule has 10 rings (SSSR count). The molecule has 0 atom stereocenters. The average molecular weight is 1350 g/mol. The third kappa shape index (κ3) is 12.4. The van der Waals surface area contributed by atoms with Crippen molar-refractivity contribution in [3.8, 4) is 57.4 Å². The van der Waals surface area contributed by atoms with Crippen molar-refractivity contribution >= 4 is 109 Å². The van der Waals surface area contributed by atoms with Gasteiger partial charge < -0.3 is 34.8 Å². The van der Waals surface area contributed by atoms with E-state index in [0.717, 1.165) is 17.8 Å². The number of hydrogen-bond donors (Lipinski definition) is 0. The van der Waals surface area contributed by atoms with Gasteiger partial charge in [-0.15, -0.1) is 0 Å². The van der Waals surface area contributed by atoms with Gasteiger partial charge in [0.2, 0.25) is 0 Å². The van der Waals surface area contributed by atoms with Gasteiger partial charge in [0.1, 0.15) is 0 Å². The van der Waals surface area contributed by atoms with E-state index in [1.54, 1.807) is 59.7 Å². The molecule has 0 amide bonds. The molecule has 8 aromatic rings. The van der Waals surface area contributed by atoms with Crippen LogP contribution in [0.2, 0.25) is 0 Å². The predicted molar refractivity (Wildman–Crippen MR) is 335 cm³/mol. The number of anilines is 1. The summed E-state index contributed by atoms with van der Waals surface area (Å²) >= 11 is 0. The summed E-state index contributed by atoms with van der Waals surface area (Å²) in [6, 6.07) is 19.7. The van der Waals surface area contributed by atoms with Crippen LogP contribution in [0.5, 0.6) is 0 Å². The zero-order valence-electron chi connectivity index (χ0n) is 49.2. The number of nitrogens with zero attached hydrogens (tertiary/aromatic N) is 9. The minimum absolute atomic E-state index is 0. The molecule has 8 bridgehead atoms. The molecule has 88 heavy (non-hydrogen) atoms. The van der Waals surface area contributed by atoms with E-state index in [0.29, 0.717) is 21.9 Å². The Morgan fingerprint density at radius 1 is 0.341 bits per heavy atom. The normalized spacial score (nSPS) is 12.8. The second-order valence-corrected chi connectivity index (χ2v) is 33.8. The first-order valence-electron chi connectivity index (χ1n) is 28.2. The van der Waals surface area contributed by atoms with Crippen LogP contribution in [0.4, 0.5) is 5.69 Å². The maximum atomic E-state index is 14.3. The molecule has 2 aliphatic rings. The zero-order chi connectivity index (χ0) is 62.8. The Labute approximate surface area is 522 Å². The van der Waals surface area contributed by atoms with Crippen molar-refractivity contribution < 1.29 is 67.0 Å². The Kier molecular flexibility index (Phi) is 18.4. The van der Waals surface area contributed by atoms with E-state index in [4.69, 9.17) is 39.9 Å². The van der Waals surface area contributed by atoms with Crippen molar-refractivity contribution in [2.24, 2.45) is 0 Å². The Morgan fingerprint density at radius 3 is 0.898 bits per heavy atom. The van der Waals surface area contributed by atoms with Crippen LogP contribution in [0.15, 0.2) is 108 Å². The van der Waals surface area contributed by atoms with Gasteiger partial charge in [-0.25, -0.2) is 60.5 Å². The first-order valence-corrected chi connectivity index (χ1v) is 38.1. The SMILES string of the molecule is CCCS(=O)(=O)c1cc2c(cc1S(=O)(=O)CCC)-c1nc-2nc2[n-]c(nc3nc(nc4[n-]c(n1)c1cc(S(=O)(=O)CCC)c(S(=O)(=O)CCC)cc41)-c1cc(S(=O)(=O)CCC)c(S(=O)(=O)CCC)cc1-3)c1cc(C#Cc3ccc(N(C)C)cc3)ccc21.[Ni+2]. The van der Waals surface area contributed by atoms with E-state index in [1.807, 2.05) is 43.3 Å². The third-order valence-electron chi connectivity index (χ3n) is 14.5. The fourth-order valence-corrected chi connectivity index (χ4v) is 21.3. The van der Waals surface area contributed by atoms with Gasteiger partial charge in [0.25, 0.3) is 0 Å². The number of fused-ring (bicyclic) bond motifs is 20. The summed E-state index contributed by atoms with van der Waals surface area (Å²) in [6.45, 7) is 9.77. The molecule has 5 aromatic carbocycles. The second-order valence-electron chi connectivity index (χ2n) is 21.4. The van der Waals surface area contributed by atoms with Crippen molar-refractivity contribution in [3.63, 3.8) is 0 Å². The first-order chi connectivity index (χ1) is 41.1. The minimum atomic E-state index is -4.37. The minimum Gasteiger partial charge on any atom is -0.378 e. The van der Waals surface area contributed by atoms with E-state index in [2.05, 4.69) is 11.8 Å². The molecular formula is C60H61N9NiO12S6. The van der Waals surface area contributed by atoms with Gasteiger partial charge in [-0.05, 0) is 133 Å². The van der Waals surface area contributed by atoms with E-state index < -0.39 is 123 Å². The molecule has 0 fully saturated rings. The van der Waals surface area contributed by atoms with Gasteiger partial charge in [-0.2, -0.15) is 0 Å². The molecule has 0 N–H and O–H groups in total. The fourth-order valence-electron chi connectivity index (χ4n) is 10.5. The van der Waals surface area contributed by atoms with Crippen LogP contribution in [-0.2, 0) is 75.5 Å². The van der Waals surface area contributed by atoms with Crippen LogP contribution in [0.1, 0.15) is 91.2 Å². The standard InChI is InChI=1S/C60H61N9O12S6.Ni/c1-9-23-82(70,71)47-30-41-42(31-48(47)83(72,73)24-10-2)57-64-55(41)62-53-39-22-19-37(16-15-36-17-20-38(21-18-36)69(7)8)29-40(39)54(61-53)63-56-43-32-49(84(74,75)25-11-3)50(85(76,77)26-12-4)33-44(43)58(65-56)67-60-46-35-52(87(80,81)28-14-6)51(86(78,79)27-13-5)34-45(46)59(66-57)68-60;/h17-22,29-35H,9-14,23-28H2,1-8H3;/q-2;+2. The fraction of sp³-hybridized carbons (Fsp3) is 0.333. The number of sulfone groups is 6. The van der Waals surface area contributed by atoms with E-state index in [1.165, 1.54) is 24.3 Å². The van der Waals surface area contributed by atoms with Crippen LogP contribution >= 0.6 is 0 Å². The van der Waals surface area contributed by atoms with Crippen molar-refractivity contribution in [2.75, 3.05) is 53.5 Å².